The number of piperidine rings is 1. The number of pyridine rings is 1. The topological polar surface area (TPSA) is 59.2 Å². The molecule has 0 saturated carbocycles. The van der Waals surface area contributed by atoms with E-state index in [2.05, 4.69) is 4.98 Å². The van der Waals surface area contributed by atoms with E-state index >= 15 is 0 Å². The van der Waals surface area contributed by atoms with Crippen LogP contribution in [0.5, 0.6) is 0 Å². The van der Waals surface area contributed by atoms with Crippen molar-refractivity contribution in [2.45, 2.75) is 31.7 Å². The first-order valence-electron chi connectivity index (χ1n) is 6.34. The van der Waals surface area contributed by atoms with Crippen LogP contribution in [-0.2, 0) is 0 Å². The average Bonchev–Trinajstić information content (AvgIpc) is 2.39. The van der Waals surface area contributed by atoms with Gasteiger partial charge in [0.2, 0.25) is 0 Å². The summed E-state index contributed by atoms with van der Waals surface area (Å²) in [5, 5.41) is 0. The van der Waals surface area contributed by atoms with Gasteiger partial charge in [-0.3, -0.25) is 9.78 Å². The molecule has 2 rings (SSSR count). The van der Waals surface area contributed by atoms with Gasteiger partial charge in [0.1, 0.15) is 5.82 Å². The minimum absolute atomic E-state index is 0. The van der Waals surface area contributed by atoms with Gasteiger partial charge in [-0.2, -0.15) is 0 Å². The maximum atomic E-state index is 13.1. The predicted octanol–water partition coefficient (Wildman–Crippen LogP) is 2.41. The van der Waals surface area contributed by atoms with E-state index < -0.39 is 5.82 Å². The summed E-state index contributed by atoms with van der Waals surface area (Å²) in [6.45, 7) is 1.29. The van der Waals surface area contributed by atoms with Crippen LogP contribution < -0.4 is 5.73 Å². The van der Waals surface area contributed by atoms with Crippen molar-refractivity contribution < 1.29 is 9.18 Å². The molecule has 7 heteroatoms. The van der Waals surface area contributed by atoms with Crippen LogP contribution in [0.1, 0.15) is 36.0 Å². The molecular weight excluding hydrogens is 304 g/mol. The number of hydrogen-bond acceptors (Lipinski definition) is 3. The van der Waals surface area contributed by atoms with E-state index in [-0.39, 0.29) is 36.8 Å². The van der Waals surface area contributed by atoms with Crippen molar-refractivity contribution in [3.8, 4) is 0 Å². The van der Waals surface area contributed by atoms with Crippen molar-refractivity contribution in [3.05, 3.63) is 29.8 Å². The molecule has 2 N–H and O–H groups in total. The number of likely N-dealkylation sites (tertiary alicyclic amines) is 1. The van der Waals surface area contributed by atoms with Gasteiger partial charge in [-0.15, -0.1) is 24.8 Å². The number of amides is 1. The van der Waals surface area contributed by atoms with Gasteiger partial charge in [0.05, 0.1) is 11.8 Å². The third-order valence-corrected chi connectivity index (χ3v) is 3.34. The second-order valence-electron chi connectivity index (χ2n) is 4.62. The lowest BCUT2D eigenvalue weighted by molar-refractivity contribution is 0.0604. The van der Waals surface area contributed by atoms with E-state index in [4.69, 9.17) is 5.73 Å². The summed E-state index contributed by atoms with van der Waals surface area (Å²) in [5.41, 5.74) is 5.89. The van der Waals surface area contributed by atoms with Crippen LogP contribution in [0.2, 0.25) is 0 Å². The van der Waals surface area contributed by atoms with Crippen LogP contribution in [0.3, 0.4) is 0 Å². The minimum atomic E-state index is -0.478. The Bertz CT molecular complexity index is 432. The highest BCUT2D eigenvalue weighted by Crippen LogP contribution is 2.21. The first-order valence-corrected chi connectivity index (χ1v) is 6.34. The molecule has 0 aromatic carbocycles. The number of carbonyl (C=O) groups excluding carboxylic acids is 1. The van der Waals surface area contributed by atoms with Gasteiger partial charge in [-0.05, 0) is 38.3 Å². The standard InChI is InChI=1S/C13H18FN3O.2ClH/c14-11-7-10(8-16-9-11)13(18)17-6-2-1-3-12(17)4-5-15;;/h7-9,12H,1-6,15H2;2*1H. The molecule has 1 saturated heterocycles. The average molecular weight is 324 g/mol. The fraction of sp³-hybridized carbons (Fsp3) is 0.538. The molecule has 114 valence electrons. The highest BCUT2D eigenvalue weighted by molar-refractivity contribution is 5.94. The van der Waals surface area contributed by atoms with Gasteiger partial charge < -0.3 is 10.6 Å². The van der Waals surface area contributed by atoms with Crippen LogP contribution in [0.15, 0.2) is 18.5 Å². The van der Waals surface area contributed by atoms with Crippen LogP contribution >= 0.6 is 24.8 Å². The molecule has 1 fully saturated rings. The number of aromatic nitrogens is 1. The molecule has 1 unspecified atom stereocenters. The van der Waals surface area contributed by atoms with Crippen molar-refractivity contribution in [1.29, 1.82) is 0 Å². The predicted molar refractivity (Wildman–Crippen MR) is 81.0 cm³/mol. The zero-order chi connectivity index (χ0) is 13.0. The second kappa shape index (κ2) is 9.10. The van der Waals surface area contributed by atoms with Crippen LogP contribution in [0, 0.1) is 5.82 Å². The summed E-state index contributed by atoms with van der Waals surface area (Å²) >= 11 is 0. The summed E-state index contributed by atoms with van der Waals surface area (Å²) in [6, 6.07) is 1.42. The molecule has 1 atom stereocenters. The highest BCUT2D eigenvalue weighted by Gasteiger charge is 2.27. The maximum Gasteiger partial charge on any atom is 0.255 e. The first-order chi connectivity index (χ1) is 8.72. The second-order valence-corrected chi connectivity index (χ2v) is 4.62. The Labute approximate surface area is 130 Å². The van der Waals surface area contributed by atoms with Crippen molar-refractivity contribution in [2.24, 2.45) is 5.73 Å². The van der Waals surface area contributed by atoms with E-state index in [0.717, 1.165) is 38.4 Å². The largest absolute Gasteiger partial charge is 0.336 e. The molecule has 1 aromatic heterocycles. The summed E-state index contributed by atoms with van der Waals surface area (Å²) < 4.78 is 13.1. The maximum absolute atomic E-state index is 13.1. The molecule has 1 aliphatic rings. The summed E-state index contributed by atoms with van der Waals surface area (Å²) in [5.74, 6) is -0.617. The Morgan fingerprint density at radius 3 is 2.80 bits per heavy atom. The molecule has 1 aliphatic heterocycles. The first kappa shape index (κ1) is 19.1. The Hall–Kier alpha value is -0.910. The highest BCUT2D eigenvalue weighted by atomic mass is 35.5. The smallest absolute Gasteiger partial charge is 0.255 e. The molecule has 0 bridgehead atoms. The molecule has 0 radical (unpaired) electrons. The lowest BCUT2D eigenvalue weighted by Gasteiger charge is -2.35. The number of halogens is 3. The molecule has 20 heavy (non-hydrogen) atoms. The number of nitrogens with two attached hydrogens (primary N) is 1. The fourth-order valence-corrected chi connectivity index (χ4v) is 2.46. The van der Waals surface area contributed by atoms with Gasteiger partial charge in [0.25, 0.3) is 5.91 Å². The van der Waals surface area contributed by atoms with Gasteiger partial charge in [-0.25, -0.2) is 4.39 Å². The number of carbonyl (C=O) groups is 1. The minimum Gasteiger partial charge on any atom is -0.336 e. The third kappa shape index (κ3) is 4.58. The van der Waals surface area contributed by atoms with E-state index in [9.17, 15) is 9.18 Å². The molecule has 1 aromatic rings. The van der Waals surface area contributed by atoms with E-state index in [0.29, 0.717) is 12.1 Å². The molecule has 0 spiro atoms. The van der Waals surface area contributed by atoms with Crippen LogP contribution in [0.25, 0.3) is 0 Å². The molecule has 4 nitrogen and oxygen atoms in total. The Morgan fingerprint density at radius 2 is 2.15 bits per heavy atom. The lowest BCUT2D eigenvalue weighted by Crippen LogP contribution is -2.44. The third-order valence-electron chi connectivity index (χ3n) is 3.34. The van der Waals surface area contributed by atoms with Gasteiger partial charge in [-0.1, -0.05) is 0 Å². The molecule has 1 amide bonds. The quantitative estimate of drug-likeness (QED) is 0.929. The monoisotopic (exact) mass is 323 g/mol. The normalized spacial score (nSPS) is 17.9. The summed E-state index contributed by atoms with van der Waals surface area (Å²) in [7, 11) is 0. The van der Waals surface area contributed by atoms with Crippen LogP contribution in [0.4, 0.5) is 4.39 Å². The molecule has 0 aliphatic carbocycles. The van der Waals surface area contributed by atoms with Crippen molar-refractivity contribution in [3.63, 3.8) is 0 Å². The number of hydrogen-bond donors (Lipinski definition) is 1. The van der Waals surface area contributed by atoms with Gasteiger partial charge >= 0.3 is 0 Å². The zero-order valence-electron chi connectivity index (χ0n) is 11.1. The van der Waals surface area contributed by atoms with Crippen molar-refractivity contribution in [2.75, 3.05) is 13.1 Å². The fourth-order valence-electron chi connectivity index (χ4n) is 2.46. The number of rotatable bonds is 3. The molecule has 2 heterocycles. The summed E-state index contributed by atoms with van der Waals surface area (Å²) in [4.78, 5) is 17.9. The Kier molecular flexibility index (Phi) is 8.69. The van der Waals surface area contributed by atoms with E-state index in [1.54, 1.807) is 0 Å². The van der Waals surface area contributed by atoms with Gasteiger partial charge in [0.15, 0.2) is 0 Å². The summed E-state index contributed by atoms with van der Waals surface area (Å²) in [6.07, 6.45) is 6.41. The zero-order valence-corrected chi connectivity index (χ0v) is 12.8. The van der Waals surface area contributed by atoms with Gasteiger partial charge in [0, 0.05) is 18.8 Å². The van der Waals surface area contributed by atoms with E-state index in [1.807, 2.05) is 4.90 Å². The van der Waals surface area contributed by atoms with Crippen molar-refractivity contribution >= 4 is 30.7 Å². The SMILES string of the molecule is Cl.Cl.NCCC1CCCCN1C(=O)c1cncc(F)c1. The Balaban J connectivity index is 0.00000180. The lowest BCUT2D eigenvalue weighted by atomic mass is 9.98. The van der Waals surface area contributed by atoms with E-state index in [1.165, 1.54) is 12.3 Å². The Morgan fingerprint density at radius 1 is 1.40 bits per heavy atom. The molecular formula is C13H20Cl2FN3O. The van der Waals surface area contributed by atoms with Crippen molar-refractivity contribution in [1.82, 2.24) is 9.88 Å². The van der Waals surface area contributed by atoms with Crippen LogP contribution in [-0.4, -0.2) is 34.9 Å². The number of nitrogens with zero attached hydrogens (tertiary/aromatic N) is 2.